The number of fused-ring (bicyclic) bond motifs is 1. The molecule has 2 aromatic heterocycles. The minimum atomic E-state index is -4.79. The Hall–Kier alpha value is -5.08. The van der Waals surface area contributed by atoms with Crippen molar-refractivity contribution in [2.45, 2.75) is 19.3 Å². The van der Waals surface area contributed by atoms with Crippen LogP contribution in [0, 0.1) is 11.8 Å². The molecular weight excluding hydrogens is 557 g/mol. The normalized spacial score (nSPS) is 11.9. The number of nitrogen functional groups attached to an aromatic ring is 1. The number of benzene rings is 3. The van der Waals surface area contributed by atoms with E-state index in [0.717, 1.165) is 12.1 Å². The van der Waals surface area contributed by atoms with Gasteiger partial charge in [-0.25, -0.2) is 15.0 Å². The second-order valence-corrected chi connectivity index (χ2v) is 9.16. The summed E-state index contributed by atoms with van der Waals surface area (Å²) >= 11 is 6.37. The third-order valence-corrected chi connectivity index (χ3v) is 6.24. The average Bonchev–Trinajstić information content (AvgIpc) is 2.93. The molecule has 206 valence electrons. The highest BCUT2D eigenvalue weighted by Gasteiger charge is 2.31. The van der Waals surface area contributed by atoms with Gasteiger partial charge in [-0.2, -0.15) is 0 Å². The predicted molar refractivity (Wildman–Crippen MR) is 150 cm³/mol. The number of para-hydroxylation sites is 1. The van der Waals surface area contributed by atoms with Gasteiger partial charge in [-0.1, -0.05) is 47.7 Å². The molecule has 5 aromatic rings. The summed E-state index contributed by atoms with van der Waals surface area (Å²) in [6, 6.07) is 18.6. The fourth-order valence-electron chi connectivity index (χ4n) is 4.10. The number of anilines is 2. The van der Waals surface area contributed by atoms with Crippen LogP contribution in [-0.4, -0.2) is 25.9 Å². The zero-order valence-electron chi connectivity index (χ0n) is 21.3. The summed E-state index contributed by atoms with van der Waals surface area (Å²) in [5.41, 5.74) is 7.46. The molecule has 5 rings (SSSR count). The standard InChI is InChI=1S/C29H20ClF3N6O2/c1-17(27-38-23-9-5-8-22(30)24(23)28(40)39(27)19-6-3-2-4-7-19)37-26-21(25(34)35-16-36-26)15-12-18-10-13-20(14-11-18)41-29(31,32)33/h2-11,13-14,16-17H,1H3,(H3,34,35,36,37). The largest absolute Gasteiger partial charge is 0.573 e. The number of nitrogens with one attached hydrogen (secondary N) is 1. The number of rotatable bonds is 5. The molecule has 0 bridgehead atoms. The van der Waals surface area contributed by atoms with Crippen molar-refractivity contribution in [1.82, 2.24) is 19.5 Å². The first kappa shape index (κ1) is 27.5. The second kappa shape index (κ2) is 11.2. The summed E-state index contributed by atoms with van der Waals surface area (Å²) in [6.07, 6.45) is -3.53. The molecule has 0 saturated carbocycles. The van der Waals surface area contributed by atoms with E-state index in [4.69, 9.17) is 22.3 Å². The van der Waals surface area contributed by atoms with E-state index in [1.807, 2.05) is 6.07 Å². The van der Waals surface area contributed by atoms with Gasteiger partial charge in [-0.05, 0) is 55.5 Å². The van der Waals surface area contributed by atoms with E-state index in [-0.39, 0.29) is 33.5 Å². The van der Waals surface area contributed by atoms with Gasteiger partial charge in [0.1, 0.15) is 35.1 Å². The lowest BCUT2D eigenvalue weighted by molar-refractivity contribution is -0.274. The monoisotopic (exact) mass is 576 g/mol. The fraction of sp³-hybridized carbons (Fsp3) is 0.103. The smallest absolute Gasteiger partial charge is 0.406 e. The van der Waals surface area contributed by atoms with Gasteiger partial charge in [0.05, 0.1) is 27.7 Å². The lowest BCUT2D eigenvalue weighted by atomic mass is 10.1. The number of hydrogen-bond donors (Lipinski definition) is 2. The molecule has 8 nitrogen and oxygen atoms in total. The first-order chi connectivity index (χ1) is 19.6. The zero-order chi connectivity index (χ0) is 29.1. The van der Waals surface area contributed by atoms with Gasteiger partial charge in [0, 0.05) is 5.56 Å². The molecule has 0 spiro atoms. The Morgan fingerprint density at radius 3 is 2.44 bits per heavy atom. The number of nitrogens with two attached hydrogens (primary N) is 1. The third-order valence-electron chi connectivity index (χ3n) is 5.92. The van der Waals surface area contributed by atoms with Crippen molar-refractivity contribution >= 4 is 34.1 Å². The molecule has 1 atom stereocenters. The summed E-state index contributed by atoms with van der Waals surface area (Å²) in [7, 11) is 0. The Morgan fingerprint density at radius 2 is 1.73 bits per heavy atom. The first-order valence-electron chi connectivity index (χ1n) is 12.1. The SMILES string of the molecule is CC(Nc1ncnc(N)c1C#Cc1ccc(OC(F)(F)F)cc1)c1nc2cccc(Cl)c2c(=O)n1-c1ccccc1. The minimum Gasteiger partial charge on any atom is -0.406 e. The van der Waals surface area contributed by atoms with Gasteiger partial charge in [0.15, 0.2) is 0 Å². The van der Waals surface area contributed by atoms with Crippen molar-refractivity contribution < 1.29 is 17.9 Å². The second-order valence-electron chi connectivity index (χ2n) is 8.75. The summed E-state index contributed by atoms with van der Waals surface area (Å²) in [6.45, 7) is 1.80. The minimum absolute atomic E-state index is 0.0814. The summed E-state index contributed by atoms with van der Waals surface area (Å²) in [5.74, 6) is 6.11. The van der Waals surface area contributed by atoms with Crippen LogP contribution in [0.25, 0.3) is 16.6 Å². The highest BCUT2D eigenvalue weighted by Crippen LogP contribution is 2.26. The van der Waals surface area contributed by atoms with Crippen LogP contribution < -0.4 is 21.3 Å². The molecule has 3 N–H and O–H groups in total. The van der Waals surface area contributed by atoms with Crippen molar-refractivity contribution in [3.05, 3.63) is 111 Å². The molecule has 0 aliphatic heterocycles. The van der Waals surface area contributed by atoms with Crippen LogP contribution in [0.2, 0.25) is 5.02 Å². The van der Waals surface area contributed by atoms with E-state index in [1.54, 1.807) is 49.4 Å². The molecule has 3 aromatic carbocycles. The van der Waals surface area contributed by atoms with Crippen molar-refractivity contribution in [2.24, 2.45) is 0 Å². The fourth-order valence-corrected chi connectivity index (χ4v) is 4.35. The van der Waals surface area contributed by atoms with Crippen LogP contribution in [0.3, 0.4) is 0 Å². The molecule has 0 radical (unpaired) electrons. The lowest BCUT2D eigenvalue weighted by Crippen LogP contribution is -2.27. The number of hydrogen-bond acceptors (Lipinski definition) is 7. The van der Waals surface area contributed by atoms with Crippen molar-refractivity contribution in [3.63, 3.8) is 0 Å². The van der Waals surface area contributed by atoms with Gasteiger partial charge in [0.25, 0.3) is 5.56 Å². The molecule has 12 heteroatoms. The molecule has 0 fully saturated rings. The van der Waals surface area contributed by atoms with Crippen LogP contribution in [0.15, 0.2) is 83.9 Å². The summed E-state index contributed by atoms with van der Waals surface area (Å²) < 4.78 is 42.7. The number of aromatic nitrogens is 4. The number of ether oxygens (including phenoxy) is 1. The van der Waals surface area contributed by atoms with Crippen molar-refractivity contribution in [3.8, 4) is 23.3 Å². The molecule has 0 saturated heterocycles. The first-order valence-corrected chi connectivity index (χ1v) is 12.5. The number of alkyl halides is 3. The van der Waals surface area contributed by atoms with E-state index < -0.39 is 12.4 Å². The Labute approximate surface area is 236 Å². The van der Waals surface area contributed by atoms with Gasteiger partial charge in [-0.15, -0.1) is 13.2 Å². The van der Waals surface area contributed by atoms with Crippen molar-refractivity contribution in [1.29, 1.82) is 0 Å². The molecule has 1 unspecified atom stereocenters. The number of halogens is 4. The van der Waals surface area contributed by atoms with E-state index in [2.05, 4.69) is 31.9 Å². The summed E-state index contributed by atoms with van der Waals surface area (Å²) in [4.78, 5) is 26.7. The van der Waals surface area contributed by atoms with Crippen LogP contribution in [0.1, 0.15) is 29.9 Å². The highest BCUT2D eigenvalue weighted by molar-refractivity contribution is 6.35. The number of nitrogens with zero attached hydrogens (tertiary/aromatic N) is 4. The lowest BCUT2D eigenvalue weighted by Gasteiger charge is -2.21. The Morgan fingerprint density at radius 1 is 1.00 bits per heavy atom. The van der Waals surface area contributed by atoms with Gasteiger partial charge < -0.3 is 15.8 Å². The maximum Gasteiger partial charge on any atom is 0.573 e. The molecular formula is C29H20ClF3N6O2. The quantitative estimate of drug-likeness (QED) is 0.251. The van der Waals surface area contributed by atoms with E-state index in [1.165, 1.54) is 23.0 Å². The Bertz CT molecular complexity index is 1850. The zero-order valence-corrected chi connectivity index (χ0v) is 22.0. The predicted octanol–water partition coefficient (Wildman–Crippen LogP) is 5.88. The molecule has 0 amide bonds. The Balaban J connectivity index is 1.52. The Kier molecular flexibility index (Phi) is 7.50. The van der Waals surface area contributed by atoms with Gasteiger partial charge in [-0.3, -0.25) is 9.36 Å². The van der Waals surface area contributed by atoms with E-state index in [0.29, 0.717) is 28.0 Å². The maximum atomic E-state index is 13.7. The summed E-state index contributed by atoms with van der Waals surface area (Å²) in [5, 5.41) is 3.80. The van der Waals surface area contributed by atoms with Gasteiger partial charge >= 0.3 is 6.36 Å². The molecule has 0 aliphatic carbocycles. The highest BCUT2D eigenvalue weighted by atomic mass is 35.5. The van der Waals surface area contributed by atoms with E-state index >= 15 is 0 Å². The van der Waals surface area contributed by atoms with Crippen molar-refractivity contribution in [2.75, 3.05) is 11.1 Å². The van der Waals surface area contributed by atoms with Crippen LogP contribution >= 0.6 is 11.6 Å². The third kappa shape index (κ3) is 6.08. The molecule has 2 heterocycles. The van der Waals surface area contributed by atoms with Crippen LogP contribution in [0.4, 0.5) is 24.8 Å². The van der Waals surface area contributed by atoms with Gasteiger partial charge in [0.2, 0.25) is 0 Å². The average molecular weight is 577 g/mol. The maximum absolute atomic E-state index is 13.7. The van der Waals surface area contributed by atoms with E-state index in [9.17, 15) is 18.0 Å². The topological polar surface area (TPSA) is 108 Å². The molecule has 41 heavy (non-hydrogen) atoms. The van der Waals surface area contributed by atoms with Crippen LogP contribution in [-0.2, 0) is 0 Å². The molecule has 0 aliphatic rings. The van der Waals surface area contributed by atoms with Crippen LogP contribution in [0.5, 0.6) is 5.75 Å².